The number of aromatic nitrogens is 1. The Labute approximate surface area is 242 Å². The van der Waals surface area contributed by atoms with Crippen LogP contribution in [0.1, 0.15) is 43.0 Å². The van der Waals surface area contributed by atoms with Crippen LogP contribution >= 0.6 is 23.6 Å². The number of nitrogens with one attached hydrogen (secondary N) is 2. The fourth-order valence-corrected chi connectivity index (χ4v) is 4.55. The summed E-state index contributed by atoms with van der Waals surface area (Å²) in [4.78, 5) is 8.84. The van der Waals surface area contributed by atoms with E-state index >= 15 is 0 Å². The Balaban J connectivity index is 0.000000336. The van der Waals surface area contributed by atoms with Gasteiger partial charge in [-0.05, 0) is 75.3 Å². The Kier molecular flexibility index (Phi) is 12.3. The van der Waals surface area contributed by atoms with Gasteiger partial charge in [-0.3, -0.25) is 4.99 Å². The first-order chi connectivity index (χ1) is 18.9. The number of ether oxygens (including phenoxy) is 1. The van der Waals surface area contributed by atoms with E-state index in [1.165, 1.54) is 12.1 Å². The zero-order valence-electron chi connectivity index (χ0n) is 23.3. The second kappa shape index (κ2) is 15.1. The van der Waals surface area contributed by atoms with E-state index in [1.807, 2.05) is 39.0 Å². The number of nitrogens with zero attached hydrogens (tertiary/aromatic N) is 2. The number of fused-ring (bicyclic) bond motifs is 1. The molecule has 5 nitrogen and oxygen atoms in total. The van der Waals surface area contributed by atoms with Gasteiger partial charge in [0.1, 0.15) is 5.75 Å². The van der Waals surface area contributed by atoms with Crippen molar-refractivity contribution in [2.24, 2.45) is 4.99 Å². The van der Waals surface area contributed by atoms with Gasteiger partial charge in [-0.2, -0.15) is 0 Å². The summed E-state index contributed by atoms with van der Waals surface area (Å²) < 4.78 is 39.6. The van der Waals surface area contributed by atoms with Crippen LogP contribution in [-0.4, -0.2) is 22.7 Å². The summed E-state index contributed by atoms with van der Waals surface area (Å²) in [6.07, 6.45) is -2.86. The van der Waals surface area contributed by atoms with Gasteiger partial charge in [-0.1, -0.05) is 73.7 Å². The van der Waals surface area contributed by atoms with Gasteiger partial charge in [0.25, 0.3) is 0 Å². The molecule has 0 radical (unpaired) electrons. The number of alkyl halides is 3. The molecule has 0 aliphatic carbocycles. The molecular formula is C30H33F3N4OS2. The molecule has 2 N–H and O–H groups in total. The average Bonchev–Trinajstić information content (AvgIpc) is 3.30. The average molecular weight is 587 g/mol. The molecule has 0 saturated carbocycles. The number of rotatable bonds is 5. The number of hydrogen-bond donors (Lipinski definition) is 2. The summed E-state index contributed by atoms with van der Waals surface area (Å²) in [5, 5.41) is 7.74. The first kappa shape index (κ1) is 32.5. The van der Waals surface area contributed by atoms with Crippen molar-refractivity contribution in [1.29, 1.82) is 0 Å². The van der Waals surface area contributed by atoms with Crippen LogP contribution in [0.15, 0.2) is 72.2 Å². The molecule has 40 heavy (non-hydrogen) atoms. The lowest BCUT2D eigenvalue weighted by atomic mass is 10.1. The van der Waals surface area contributed by atoms with Gasteiger partial charge in [-0.25, -0.2) is 4.98 Å². The monoisotopic (exact) mass is 586 g/mol. The van der Waals surface area contributed by atoms with Crippen LogP contribution in [0.25, 0.3) is 15.9 Å². The predicted molar refractivity (Wildman–Crippen MR) is 168 cm³/mol. The summed E-state index contributed by atoms with van der Waals surface area (Å²) in [7, 11) is 0. The van der Waals surface area contributed by atoms with Crippen LogP contribution in [0, 0.1) is 20.8 Å². The Morgan fingerprint density at radius 1 is 1.00 bits per heavy atom. The number of aryl methyl sites for hydroxylation is 3. The number of thiocarbonyl (C=S) groups is 1. The molecule has 0 amide bonds. The minimum atomic E-state index is -4.60. The number of benzene rings is 3. The van der Waals surface area contributed by atoms with Crippen molar-refractivity contribution in [3.8, 4) is 5.75 Å². The first-order valence-electron chi connectivity index (χ1n) is 12.5. The molecule has 4 rings (SSSR count). The highest BCUT2D eigenvalue weighted by Gasteiger charge is 2.30. The van der Waals surface area contributed by atoms with E-state index < -0.39 is 6.36 Å². The van der Waals surface area contributed by atoms with Gasteiger partial charge in [0.2, 0.25) is 0 Å². The molecule has 0 saturated heterocycles. The highest BCUT2D eigenvalue weighted by atomic mass is 32.1. The summed E-state index contributed by atoms with van der Waals surface area (Å²) in [5.41, 5.74) is 6.87. The van der Waals surface area contributed by atoms with Crippen molar-refractivity contribution in [2.75, 3.05) is 10.6 Å². The Morgan fingerprint density at radius 2 is 1.62 bits per heavy atom. The number of para-hydroxylation sites is 1. The van der Waals surface area contributed by atoms with Crippen LogP contribution < -0.4 is 15.4 Å². The van der Waals surface area contributed by atoms with Crippen molar-refractivity contribution in [1.82, 2.24) is 4.98 Å². The highest BCUT2D eigenvalue weighted by Crippen LogP contribution is 2.29. The predicted octanol–water partition coefficient (Wildman–Crippen LogP) is 9.70. The van der Waals surface area contributed by atoms with E-state index in [-0.39, 0.29) is 5.75 Å². The largest absolute Gasteiger partial charge is 0.573 e. The molecule has 10 heteroatoms. The third kappa shape index (κ3) is 10.1. The van der Waals surface area contributed by atoms with Gasteiger partial charge in [0, 0.05) is 17.5 Å². The van der Waals surface area contributed by atoms with Gasteiger partial charge in [0.05, 0.1) is 15.9 Å². The third-order valence-corrected chi connectivity index (χ3v) is 6.34. The van der Waals surface area contributed by atoms with Crippen LogP contribution in [0.3, 0.4) is 0 Å². The Bertz CT molecular complexity index is 1440. The topological polar surface area (TPSA) is 58.5 Å². The van der Waals surface area contributed by atoms with Gasteiger partial charge < -0.3 is 15.4 Å². The second-order valence-electron chi connectivity index (χ2n) is 8.24. The fraction of sp³-hybridized carbons (Fsp3) is 0.233. The quantitative estimate of drug-likeness (QED) is 0.180. The maximum absolute atomic E-state index is 11.6. The summed E-state index contributed by atoms with van der Waals surface area (Å²) in [6, 6.07) is 17.8. The zero-order chi connectivity index (χ0) is 29.9. The van der Waals surface area contributed by atoms with Crippen LogP contribution in [0.4, 0.5) is 24.0 Å². The second-order valence-corrected chi connectivity index (χ2v) is 9.68. The molecule has 0 aliphatic rings. The van der Waals surface area contributed by atoms with Crippen LogP contribution in [0.2, 0.25) is 0 Å². The van der Waals surface area contributed by atoms with E-state index in [9.17, 15) is 13.2 Å². The maximum atomic E-state index is 11.6. The van der Waals surface area contributed by atoms with E-state index in [1.54, 1.807) is 36.6 Å². The summed E-state index contributed by atoms with van der Waals surface area (Å²) >= 11 is 7.01. The summed E-state index contributed by atoms with van der Waals surface area (Å²) in [5.74, 6) is -0.187. The fourth-order valence-electron chi connectivity index (χ4n) is 3.38. The van der Waals surface area contributed by atoms with Gasteiger partial charge >= 0.3 is 6.36 Å². The van der Waals surface area contributed by atoms with Crippen molar-refractivity contribution in [3.05, 3.63) is 89.5 Å². The minimum Gasteiger partial charge on any atom is -0.406 e. The lowest BCUT2D eigenvalue weighted by Crippen LogP contribution is -2.20. The van der Waals surface area contributed by atoms with Crippen LogP contribution in [-0.2, 0) is 0 Å². The van der Waals surface area contributed by atoms with Crippen molar-refractivity contribution >= 4 is 61.6 Å². The molecule has 3 aromatic carbocycles. The van der Waals surface area contributed by atoms with Crippen molar-refractivity contribution in [3.63, 3.8) is 0 Å². The zero-order valence-corrected chi connectivity index (χ0v) is 24.9. The first-order valence-corrected chi connectivity index (χ1v) is 13.7. The molecule has 0 atom stereocenters. The molecule has 4 aromatic rings. The number of aliphatic imine (C=N–C) groups is 1. The molecule has 0 unspecified atom stereocenters. The molecule has 212 valence electrons. The van der Waals surface area contributed by atoms with E-state index in [2.05, 4.69) is 64.0 Å². The molecular weight excluding hydrogens is 553 g/mol. The smallest absolute Gasteiger partial charge is 0.406 e. The van der Waals surface area contributed by atoms with Crippen LogP contribution in [0.5, 0.6) is 5.75 Å². The van der Waals surface area contributed by atoms with E-state index in [0.29, 0.717) is 5.11 Å². The Morgan fingerprint density at radius 3 is 2.20 bits per heavy atom. The summed E-state index contributed by atoms with van der Waals surface area (Å²) in [6.45, 7) is 15.8. The standard InChI is InChI=1S/C20H20N4S2.C8H7F3O.C2H6/c1-5-21-14(4)15-9-10-16-17(11-15)26-20(22-16)24-19(25)23-18-12(2)7-6-8-13(18)3;1-6-2-4-7(5-3-6)12-8(9,10)11;1-2/h5-11H,4H2,1-3H3,(H2,22,23,24,25);2-5H,1H3;1-2H3. The third-order valence-electron chi connectivity index (χ3n) is 5.20. The molecule has 0 bridgehead atoms. The van der Waals surface area contributed by atoms with Gasteiger partial charge in [-0.15, -0.1) is 13.2 Å². The van der Waals surface area contributed by atoms with Crippen molar-refractivity contribution in [2.45, 2.75) is 47.9 Å². The number of hydrogen-bond acceptors (Lipinski definition) is 5. The van der Waals surface area contributed by atoms with Crippen molar-refractivity contribution < 1.29 is 17.9 Å². The molecule has 1 aromatic heterocycles. The lowest BCUT2D eigenvalue weighted by Gasteiger charge is -2.13. The van der Waals surface area contributed by atoms with E-state index in [0.717, 1.165) is 49.0 Å². The molecule has 1 heterocycles. The SMILES string of the molecule is C=C(N=CC)c1ccc2nc(NC(=S)Nc3c(C)cccc3C)sc2c1.CC.Cc1ccc(OC(F)(F)F)cc1. The number of thiazole rings is 1. The Hall–Kier alpha value is -3.76. The minimum absolute atomic E-state index is 0.187. The number of anilines is 2. The van der Waals surface area contributed by atoms with Gasteiger partial charge in [0.15, 0.2) is 10.2 Å². The molecule has 0 spiro atoms. The number of halogens is 3. The lowest BCUT2D eigenvalue weighted by molar-refractivity contribution is -0.274. The highest BCUT2D eigenvalue weighted by molar-refractivity contribution is 7.80. The maximum Gasteiger partial charge on any atom is 0.573 e. The normalized spacial score (nSPS) is 10.7. The van der Waals surface area contributed by atoms with E-state index in [4.69, 9.17) is 12.2 Å². The molecule has 0 fully saturated rings. The molecule has 0 aliphatic heterocycles.